The molecule has 1 unspecified atom stereocenters. The van der Waals surface area contributed by atoms with Crippen molar-refractivity contribution in [3.63, 3.8) is 0 Å². The van der Waals surface area contributed by atoms with Crippen LogP contribution in [0.15, 0.2) is 84.9 Å². The molecule has 0 radical (unpaired) electrons. The second kappa shape index (κ2) is 14.6. The zero-order valence-electron chi connectivity index (χ0n) is 22.0. The average molecular weight is 537 g/mol. The molecule has 7 nitrogen and oxygen atoms in total. The Balaban J connectivity index is 1.76. The standard InChI is InChI=1S/C30H36N2O5S/c1-3-10-28(31)25-15-17-27(18-16-25)37-30(33)20-19-29(26-13-8-5-9-14-26)38(34,35)32(21-22-36-2)23-24-11-6-4-7-12-24/h4-9,11-18,29,31H,3,10,19-23H2,1-2H3. The number of sulfonamides is 1. The number of methoxy groups -OCH3 is 1. The summed E-state index contributed by atoms with van der Waals surface area (Å²) in [7, 11) is -2.31. The van der Waals surface area contributed by atoms with E-state index in [2.05, 4.69) is 0 Å². The zero-order chi connectivity index (χ0) is 27.4. The Morgan fingerprint density at radius 3 is 2.16 bits per heavy atom. The lowest BCUT2D eigenvalue weighted by molar-refractivity contribution is -0.134. The number of carbonyl (C=O) groups excluding carboxylic acids is 1. The summed E-state index contributed by atoms with van der Waals surface area (Å²) in [5.41, 5.74) is 2.81. The van der Waals surface area contributed by atoms with Crippen LogP contribution >= 0.6 is 0 Å². The van der Waals surface area contributed by atoms with Gasteiger partial charge in [0.25, 0.3) is 0 Å². The second-order valence-corrected chi connectivity index (χ2v) is 11.1. The van der Waals surface area contributed by atoms with E-state index in [9.17, 15) is 13.2 Å². The minimum atomic E-state index is -3.85. The highest BCUT2D eigenvalue weighted by Gasteiger charge is 2.33. The molecule has 0 fully saturated rings. The molecule has 0 aromatic heterocycles. The molecule has 1 atom stereocenters. The van der Waals surface area contributed by atoms with Crippen molar-refractivity contribution in [1.29, 1.82) is 5.41 Å². The van der Waals surface area contributed by atoms with Crippen LogP contribution in [0, 0.1) is 5.41 Å². The quantitative estimate of drug-likeness (QED) is 0.151. The Kier molecular flexibility index (Phi) is 11.2. The second-order valence-electron chi connectivity index (χ2n) is 9.02. The van der Waals surface area contributed by atoms with Gasteiger partial charge >= 0.3 is 5.97 Å². The molecule has 3 rings (SSSR count). The molecule has 0 spiro atoms. The lowest BCUT2D eigenvalue weighted by Gasteiger charge is -2.28. The van der Waals surface area contributed by atoms with Crippen molar-refractivity contribution in [2.24, 2.45) is 0 Å². The number of benzene rings is 3. The van der Waals surface area contributed by atoms with Crippen LogP contribution in [0.4, 0.5) is 0 Å². The van der Waals surface area contributed by atoms with Crippen LogP contribution in [0.1, 0.15) is 54.5 Å². The molecule has 0 aliphatic carbocycles. The van der Waals surface area contributed by atoms with Crippen molar-refractivity contribution in [3.8, 4) is 5.75 Å². The number of esters is 1. The molecular weight excluding hydrogens is 500 g/mol. The minimum Gasteiger partial charge on any atom is -0.427 e. The van der Waals surface area contributed by atoms with E-state index in [1.54, 1.807) is 48.5 Å². The normalized spacial score (nSPS) is 12.3. The monoisotopic (exact) mass is 536 g/mol. The van der Waals surface area contributed by atoms with Gasteiger partial charge in [-0.05, 0) is 53.8 Å². The van der Waals surface area contributed by atoms with E-state index in [4.69, 9.17) is 14.9 Å². The molecule has 3 aromatic carbocycles. The molecule has 0 bridgehead atoms. The molecular formula is C30H36N2O5S. The van der Waals surface area contributed by atoms with Crippen molar-refractivity contribution in [2.75, 3.05) is 20.3 Å². The molecule has 0 saturated heterocycles. The van der Waals surface area contributed by atoms with E-state index in [-0.39, 0.29) is 32.5 Å². The summed E-state index contributed by atoms with van der Waals surface area (Å²) in [6.45, 7) is 2.67. The largest absolute Gasteiger partial charge is 0.427 e. The summed E-state index contributed by atoms with van der Waals surface area (Å²) in [4.78, 5) is 12.7. The number of carbonyl (C=O) groups is 1. The Hall–Kier alpha value is -3.33. The van der Waals surface area contributed by atoms with Crippen molar-refractivity contribution < 1.29 is 22.7 Å². The van der Waals surface area contributed by atoms with Gasteiger partial charge in [-0.1, -0.05) is 74.0 Å². The molecule has 3 aromatic rings. The van der Waals surface area contributed by atoms with E-state index in [1.165, 1.54) is 11.4 Å². The third kappa shape index (κ3) is 8.34. The smallest absolute Gasteiger partial charge is 0.311 e. The predicted molar refractivity (Wildman–Crippen MR) is 150 cm³/mol. The lowest BCUT2D eigenvalue weighted by atomic mass is 10.1. The number of hydrogen-bond donors (Lipinski definition) is 1. The molecule has 8 heteroatoms. The summed E-state index contributed by atoms with van der Waals surface area (Å²) >= 11 is 0. The third-order valence-corrected chi connectivity index (χ3v) is 8.44. The first kappa shape index (κ1) is 29.2. The number of nitrogens with one attached hydrogen (secondary N) is 1. The van der Waals surface area contributed by atoms with Crippen molar-refractivity contribution in [2.45, 2.75) is 44.4 Å². The lowest BCUT2D eigenvalue weighted by Crippen LogP contribution is -2.37. The van der Waals surface area contributed by atoms with E-state index in [0.717, 1.165) is 17.5 Å². The van der Waals surface area contributed by atoms with Gasteiger partial charge in [-0.25, -0.2) is 8.42 Å². The van der Waals surface area contributed by atoms with Crippen LogP contribution in [0.5, 0.6) is 5.75 Å². The van der Waals surface area contributed by atoms with Crippen molar-refractivity contribution >= 4 is 21.7 Å². The highest BCUT2D eigenvalue weighted by atomic mass is 32.2. The summed E-state index contributed by atoms with van der Waals surface area (Å²) in [5, 5.41) is 7.14. The van der Waals surface area contributed by atoms with Crippen LogP contribution in [0.25, 0.3) is 0 Å². The van der Waals surface area contributed by atoms with Crippen LogP contribution in [-0.4, -0.2) is 44.7 Å². The first-order chi connectivity index (χ1) is 18.3. The van der Waals surface area contributed by atoms with Gasteiger partial charge in [-0.3, -0.25) is 4.79 Å². The van der Waals surface area contributed by atoms with Gasteiger partial charge in [0.2, 0.25) is 10.0 Å². The van der Waals surface area contributed by atoms with E-state index in [0.29, 0.717) is 23.4 Å². The van der Waals surface area contributed by atoms with E-state index in [1.807, 2.05) is 43.3 Å². The number of ether oxygens (including phenoxy) is 2. The first-order valence-electron chi connectivity index (χ1n) is 12.8. The fourth-order valence-electron chi connectivity index (χ4n) is 4.16. The molecule has 0 aliphatic rings. The Labute approximate surface area is 226 Å². The summed E-state index contributed by atoms with van der Waals surface area (Å²) in [6, 6.07) is 25.2. The third-order valence-electron chi connectivity index (χ3n) is 6.18. The topological polar surface area (TPSA) is 96.8 Å². The van der Waals surface area contributed by atoms with Gasteiger partial charge in [0.05, 0.1) is 6.61 Å². The van der Waals surface area contributed by atoms with Gasteiger partial charge in [0.15, 0.2) is 0 Å². The number of hydrogen-bond acceptors (Lipinski definition) is 6. The van der Waals surface area contributed by atoms with Gasteiger partial charge in [0.1, 0.15) is 11.0 Å². The fraction of sp³-hybridized carbons (Fsp3) is 0.333. The molecule has 38 heavy (non-hydrogen) atoms. The molecule has 0 saturated carbocycles. The van der Waals surface area contributed by atoms with Gasteiger partial charge in [-0.15, -0.1) is 0 Å². The molecule has 0 heterocycles. The molecule has 202 valence electrons. The van der Waals surface area contributed by atoms with Crippen LogP contribution < -0.4 is 4.74 Å². The number of nitrogens with zero attached hydrogens (tertiary/aromatic N) is 1. The van der Waals surface area contributed by atoms with Crippen molar-refractivity contribution in [3.05, 3.63) is 102 Å². The highest BCUT2D eigenvalue weighted by molar-refractivity contribution is 7.89. The maximum atomic E-state index is 14.0. The maximum Gasteiger partial charge on any atom is 0.311 e. The SMILES string of the molecule is CCCC(=N)c1ccc(OC(=O)CCC(c2ccccc2)S(=O)(=O)N(CCOC)Cc2ccccc2)cc1. The van der Waals surface area contributed by atoms with Crippen LogP contribution in [0.2, 0.25) is 0 Å². The highest BCUT2D eigenvalue weighted by Crippen LogP contribution is 2.31. The summed E-state index contributed by atoms with van der Waals surface area (Å²) < 4.78 is 40.0. The van der Waals surface area contributed by atoms with Crippen LogP contribution in [0.3, 0.4) is 0 Å². The average Bonchev–Trinajstić information content (AvgIpc) is 2.92. The van der Waals surface area contributed by atoms with Gasteiger partial charge < -0.3 is 14.9 Å². The zero-order valence-corrected chi connectivity index (χ0v) is 22.8. The van der Waals surface area contributed by atoms with E-state index >= 15 is 0 Å². The summed E-state index contributed by atoms with van der Waals surface area (Å²) in [5.74, 6) is -0.142. The number of rotatable bonds is 15. The molecule has 0 amide bonds. The summed E-state index contributed by atoms with van der Waals surface area (Å²) in [6.07, 6.45) is 1.56. The maximum absolute atomic E-state index is 14.0. The predicted octanol–water partition coefficient (Wildman–Crippen LogP) is 5.76. The van der Waals surface area contributed by atoms with E-state index < -0.39 is 21.2 Å². The van der Waals surface area contributed by atoms with Gasteiger partial charge in [-0.2, -0.15) is 4.31 Å². The van der Waals surface area contributed by atoms with Crippen molar-refractivity contribution in [1.82, 2.24) is 4.31 Å². The molecule has 1 N–H and O–H groups in total. The van der Waals surface area contributed by atoms with Gasteiger partial charge in [0, 0.05) is 32.3 Å². The first-order valence-corrected chi connectivity index (χ1v) is 14.3. The van der Waals surface area contributed by atoms with Crippen LogP contribution in [-0.2, 0) is 26.1 Å². The minimum absolute atomic E-state index is 0.0721. The Morgan fingerprint density at radius 2 is 1.55 bits per heavy atom. The molecule has 0 aliphatic heterocycles. The Bertz CT molecular complexity index is 1260. The fourth-order valence-corrected chi connectivity index (χ4v) is 6.10. The Morgan fingerprint density at radius 1 is 0.921 bits per heavy atom.